The van der Waals surface area contributed by atoms with Crippen molar-refractivity contribution in [3.8, 4) is 28.4 Å². The summed E-state index contributed by atoms with van der Waals surface area (Å²) >= 11 is 1.33. The van der Waals surface area contributed by atoms with E-state index >= 15 is 0 Å². The van der Waals surface area contributed by atoms with Crippen LogP contribution in [0.2, 0.25) is 0 Å². The first-order valence-electron chi connectivity index (χ1n) is 18.7. The maximum atomic E-state index is 14.1. The molecule has 0 saturated heterocycles. The molecule has 0 aromatic heterocycles. The number of carbonyl (C=O) groups is 1. The number of amides is 1. The SMILES string of the molecule is CCCCCCCOCc1ccc2c(c1)C(c1ccccc1-c1ccc(Sc3ccc(OCCCC)cc3)c(S(=O)(=O)Oc3ccccc3)c1)NC(=O)O2. The topological polar surface area (TPSA) is 100 Å². The summed E-state index contributed by atoms with van der Waals surface area (Å²) in [6, 6.07) is 34.3. The van der Waals surface area contributed by atoms with E-state index < -0.39 is 22.3 Å². The van der Waals surface area contributed by atoms with E-state index in [2.05, 4.69) is 19.2 Å². The van der Waals surface area contributed by atoms with E-state index in [-0.39, 0.29) is 10.6 Å². The van der Waals surface area contributed by atoms with Gasteiger partial charge < -0.3 is 23.7 Å². The van der Waals surface area contributed by atoms with Crippen LogP contribution in [0.5, 0.6) is 17.2 Å². The molecule has 1 amide bonds. The Morgan fingerprint density at radius 1 is 0.722 bits per heavy atom. The molecule has 5 aromatic carbocycles. The highest BCUT2D eigenvalue weighted by Gasteiger charge is 2.30. The van der Waals surface area contributed by atoms with E-state index in [9.17, 15) is 13.2 Å². The van der Waals surface area contributed by atoms with Crippen LogP contribution in [0.1, 0.15) is 81.5 Å². The summed E-state index contributed by atoms with van der Waals surface area (Å²) in [5.41, 5.74) is 3.95. The van der Waals surface area contributed by atoms with Gasteiger partial charge in [0, 0.05) is 22.0 Å². The normalized spacial score (nSPS) is 13.8. The number of para-hydroxylation sites is 1. The molecule has 0 fully saturated rings. The van der Waals surface area contributed by atoms with Crippen LogP contribution in [0.4, 0.5) is 4.79 Å². The smallest absolute Gasteiger partial charge is 0.413 e. The number of carbonyl (C=O) groups excluding carboxylic acids is 1. The van der Waals surface area contributed by atoms with E-state index in [0.717, 1.165) is 58.6 Å². The fourth-order valence-electron chi connectivity index (χ4n) is 6.25. The molecule has 1 heterocycles. The van der Waals surface area contributed by atoms with Crippen LogP contribution in [0.15, 0.2) is 130 Å². The Morgan fingerprint density at radius 2 is 1.48 bits per heavy atom. The Balaban J connectivity index is 1.32. The second-order valence-corrected chi connectivity index (χ2v) is 15.8. The number of rotatable bonds is 19. The third-order valence-corrected chi connectivity index (χ3v) is 11.6. The third-order valence-electron chi connectivity index (χ3n) is 9.07. The van der Waals surface area contributed by atoms with Crippen LogP contribution in [0.25, 0.3) is 11.1 Å². The van der Waals surface area contributed by atoms with E-state index in [4.69, 9.17) is 18.4 Å². The summed E-state index contributed by atoms with van der Waals surface area (Å²) in [4.78, 5) is 14.2. The highest BCUT2D eigenvalue weighted by Crippen LogP contribution is 2.41. The molecule has 6 rings (SSSR count). The van der Waals surface area contributed by atoms with Crippen LogP contribution in [-0.2, 0) is 21.5 Å². The minimum Gasteiger partial charge on any atom is -0.494 e. The maximum Gasteiger partial charge on any atom is 0.413 e. The van der Waals surface area contributed by atoms with E-state index in [0.29, 0.717) is 36.0 Å². The van der Waals surface area contributed by atoms with Crippen molar-refractivity contribution in [1.82, 2.24) is 5.32 Å². The third kappa shape index (κ3) is 10.3. The summed E-state index contributed by atoms with van der Waals surface area (Å²) in [7, 11) is -4.29. The highest BCUT2D eigenvalue weighted by atomic mass is 32.2. The van der Waals surface area contributed by atoms with Crippen LogP contribution in [0, 0.1) is 0 Å². The number of nitrogens with one attached hydrogen (secondary N) is 1. The molecule has 0 radical (unpaired) electrons. The predicted octanol–water partition coefficient (Wildman–Crippen LogP) is 11.1. The number of hydrogen-bond acceptors (Lipinski definition) is 8. The minimum absolute atomic E-state index is 0.0254. The first-order valence-corrected chi connectivity index (χ1v) is 20.9. The van der Waals surface area contributed by atoms with Crippen molar-refractivity contribution >= 4 is 28.0 Å². The Labute approximate surface area is 323 Å². The molecule has 0 spiro atoms. The van der Waals surface area contributed by atoms with Gasteiger partial charge in [-0.15, -0.1) is 0 Å². The fourth-order valence-corrected chi connectivity index (χ4v) is 8.55. The lowest BCUT2D eigenvalue weighted by Crippen LogP contribution is -2.36. The molecule has 10 heteroatoms. The first-order chi connectivity index (χ1) is 26.3. The second-order valence-electron chi connectivity index (χ2n) is 13.2. The first kappa shape index (κ1) is 38.9. The monoisotopic (exact) mass is 765 g/mol. The average molecular weight is 766 g/mol. The van der Waals surface area contributed by atoms with Crippen molar-refractivity contribution in [2.75, 3.05) is 13.2 Å². The number of benzene rings is 5. The molecule has 54 heavy (non-hydrogen) atoms. The minimum atomic E-state index is -4.29. The number of unbranched alkanes of at least 4 members (excludes halogenated alkanes) is 5. The Bertz CT molecular complexity index is 2100. The molecule has 0 aliphatic carbocycles. The van der Waals surface area contributed by atoms with Gasteiger partial charge in [0.1, 0.15) is 22.1 Å². The van der Waals surface area contributed by atoms with Gasteiger partial charge in [-0.25, -0.2) is 4.79 Å². The van der Waals surface area contributed by atoms with E-state index in [1.54, 1.807) is 42.5 Å². The standard InChI is InChI=1S/C44H47NO7S2/c1-3-5-7-8-14-27-49-31-32-19-25-40-39(29-32)43(45-44(46)51-40)38-18-13-12-17-37(38)33-20-26-41(53-36-23-21-34(22-24-36)50-28-6-4-2)42(30-33)54(47,48)52-35-15-10-9-11-16-35/h9-13,15-26,29-30,43H,3-8,14,27-28,31H2,1-2H3,(H,45,46). The van der Waals surface area contributed by atoms with Crippen LogP contribution in [-0.4, -0.2) is 27.7 Å². The molecule has 5 aromatic rings. The van der Waals surface area contributed by atoms with Gasteiger partial charge in [-0.3, -0.25) is 0 Å². The van der Waals surface area contributed by atoms with Crippen molar-refractivity contribution in [3.63, 3.8) is 0 Å². The molecule has 282 valence electrons. The lowest BCUT2D eigenvalue weighted by Gasteiger charge is -2.28. The summed E-state index contributed by atoms with van der Waals surface area (Å²) < 4.78 is 51.2. The zero-order valence-electron chi connectivity index (χ0n) is 30.8. The average Bonchev–Trinajstić information content (AvgIpc) is 3.18. The van der Waals surface area contributed by atoms with E-state index in [1.165, 1.54) is 31.0 Å². The molecule has 1 N–H and O–H groups in total. The predicted molar refractivity (Wildman–Crippen MR) is 213 cm³/mol. The maximum absolute atomic E-state index is 14.1. The van der Waals surface area contributed by atoms with Crippen molar-refractivity contribution in [1.29, 1.82) is 0 Å². The summed E-state index contributed by atoms with van der Waals surface area (Å²) in [5, 5.41) is 3.00. The summed E-state index contributed by atoms with van der Waals surface area (Å²) in [6.07, 6.45) is 7.29. The number of fused-ring (bicyclic) bond motifs is 1. The van der Waals surface area contributed by atoms with Crippen molar-refractivity contribution in [3.05, 3.63) is 132 Å². The number of hydrogen-bond donors (Lipinski definition) is 1. The van der Waals surface area contributed by atoms with Gasteiger partial charge >= 0.3 is 16.2 Å². The quantitative estimate of drug-likeness (QED) is 0.0655. The molecular weight excluding hydrogens is 719 g/mol. The van der Waals surface area contributed by atoms with Gasteiger partial charge in [-0.05, 0) is 95.8 Å². The molecule has 1 atom stereocenters. The highest BCUT2D eigenvalue weighted by molar-refractivity contribution is 8.00. The fraction of sp³-hybridized carbons (Fsp3) is 0.295. The molecule has 1 unspecified atom stereocenters. The lowest BCUT2D eigenvalue weighted by atomic mass is 9.89. The zero-order valence-corrected chi connectivity index (χ0v) is 32.4. The van der Waals surface area contributed by atoms with Crippen LogP contribution >= 0.6 is 11.8 Å². The van der Waals surface area contributed by atoms with Crippen LogP contribution < -0.4 is 19.0 Å². The van der Waals surface area contributed by atoms with Gasteiger partial charge in [-0.2, -0.15) is 8.42 Å². The van der Waals surface area contributed by atoms with Gasteiger partial charge in [0.15, 0.2) is 0 Å². The van der Waals surface area contributed by atoms with Crippen molar-refractivity contribution in [2.24, 2.45) is 0 Å². The molecule has 1 aliphatic heterocycles. The van der Waals surface area contributed by atoms with Gasteiger partial charge in [0.05, 0.1) is 19.3 Å². The summed E-state index contributed by atoms with van der Waals surface area (Å²) in [5.74, 6) is 1.44. The molecule has 0 bridgehead atoms. The molecule has 8 nitrogen and oxygen atoms in total. The largest absolute Gasteiger partial charge is 0.494 e. The van der Waals surface area contributed by atoms with E-state index in [1.807, 2.05) is 72.8 Å². The molecule has 0 saturated carbocycles. The van der Waals surface area contributed by atoms with Crippen molar-refractivity contribution < 1.29 is 31.6 Å². The van der Waals surface area contributed by atoms with Crippen molar-refractivity contribution in [2.45, 2.75) is 86.1 Å². The lowest BCUT2D eigenvalue weighted by molar-refractivity contribution is 0.116. The zero-order chi connectivity index (χ0) is 37.8. The Kier molecular flexibility index (Phi) is 13.7. The Morgan fingerprint density at radius 3 is 2.28 bits per heavy atom. The summed E-state index contributed by atoms with van der Waals surface area (Å²) in [6.45, 7) is 6.09. The second kappa shape index (κ2) is 19.0. The van der Waals surface area contributed by atoms with Gasteiger partial charge in [-0.1, -0.05) is 112 Å². The van der Waals surface area contributed by atoms with Gasteiger partial charge in [0.25, 0.3) is 0 Å². The molecular formula is C44H47NO7S2. The van der Waals surface area contributed by atoms with Crippen LogP contribution in [0.3, 0.4) is 0 Å². The number of ether oxygens (including phenoxy) is 3. The van der Waals surface area contributed by atoms with Gasteiger partial charge in [0.2, 0.25) is 0 Å². The molecule has 1 aliphatic rings. The Hall–Kier alpha value is -4.77.